The molecule has 8 nitrogen and oxygen atoms in total. The minimum Gasteiger partial charge on any atom is -0.497 e. The molecule has 1 aromatic heterocycles. The zero-order valence-corrected chi connectivity index (χ0v) is 18.7. The molecule has 2 saturated heterocycles. The third kappa shape index (κ3) is 4.41. The van der Waals surface area contributed by atoms with Crippen molar-refractivity contribution < 1.29 is 14.3 Å². The standard InChI is InChI=1S/C24H31N5O3/c1-3-28-14-10-24(22(30)26-19-7-5-12-25-17-19)11-15-29(13-9-21(24)28)23(31)27-18-6-4-8-20(16-18)32-2/h4-8,12,16-17,21H,3,9-11,13-15H2,1-2H3,(H,26,30)(H,27,31)/t21-,24-/m1/s1. The van der Waals surface area contributed by atoms with Crippen LogP contribution in [0.25, 0.3) is 0 Å². The van der Waals surface area contributed by atoms with Gasteiger partial charge in [-0.1, -0.05) is 13.0 Å². The molecule has 2 atom stereocenters. The van der Waals surface area contributed by atoms with E-state index in [9.17, 15) is 9.59 Å². The third-order valence-electron chi connectivity index (χ3n) is 6.81. The van der Waals surface area contributed by atoms with Crippen LogP contribution in [0.4, 0.5) is 16.2 Å². The van der Waals surface area contributed by atoms with Gasteiger partial charge in [-0.25, -0.2) is 4.79 Å². The maximum absolute atomic E-state index is 13.5. The smallest absolute Gasteiger partial charge is 0.321 e. The van der Waals surface area contributed by atoms with Crippen LogP contribution in [0.15, 0.2) is 48.8 Å². The molecule has 0 saturated carbocycles. The highest BCUT2D eigenvalue weighted by molar-refractivity contribution is 5.96. The number of likely N-dealkylation sites (tertiary alicyclic amines) is 2. The highest BCUT2D eigenvalue weighted by atomic mass is 16.5. The van der Waals surface area contributed by atoms with E-state index in [2.05, 4.69) is 27.4 Å². The van der Waals surface area contributed by atoms with Crippen LogP contribution in [0.5, 0.6) is 5.75 Å². The lowest BCUT2D eigenvalue weighted by Crippen LogP contribution is -2.47. The fourth-order valence-corrected chi connectivity index (χ4v) is 5.05. The molecule has 2 aromatic rings. The quantitative estimate of drug-likeness (QED) is 0.748. The number of rotatable bonds is 5. The highest BCUT2D eigenvalue weighted by Crippen LogP contribution is 2.44. The van der Waals surface area contributed by atoms with E-state index in [1.165, 1.54) is 0 Å². The number of nitrogens with one attached hydrogen (secondary N) is 2. The van der Waals surface area contributed by atoms with Crippen LogP contribution < -0.4 is 15.4 Å². The summed E-state index contributed by atoms with van der Waals surface area (Å²) in [6.45, 7) is 5.07. The lowest BCUT2D eigenvalue weighted by molar-refractivity contribution is -0.127. The molecule has 3 amide bonds. The molecule has 2 aliphatic heterocycles. The zero-order valence-electron chi connectivity index (χ0n) is 18.7. The molecular formula is C24H31N5O3. The average molecular weight is 438 g/mol. The van der Waals surface area contributed by atoms with Gasteiger partial charge in [0.1, 0.15) is 5.75 Å². The molecule has 2 aliphatic rings. The molecule has 170 valence electrons. The highest BCUT2D eigenvalue weighted by Gasteiger charge is 2.53. The lowest BCUT2D eigenvalue weighted by Gasteiger charge is -2.35. The van der Waals surface area contributed by atoms with Crippen LogP contribution in [0.2, 0.25) is 0 Å². The molecule has 3 heterocycles. The summed E-state index contributed by atoms with van der Waals surface area (Å²) in [6, 6.07) is 11.0. The van der Waals surface area contributed by atoms with Gasteiger partial charge >= 0.3 is 6.03 Å². The minimum absolute atomic E-state index is 0.0292. The van der Waals surface area contributed by atoms with Crippen LogP contribution >= 0.6 is 0 Å². The molecule has 32 heavy (non-hydrogen) atoms. The molecule has 0 unspecified atom stereocenters. The van der Waals surface area contributed by atoms with Gasteiger partial charge < -0.3 is 20.3 Å². The van der Waals surface area contributed by atoms with Gasteiger partial charge in [-0.2, -0.15) is 0 Å². The maximum Gasteiger partial charge on any atom is 0.321 e. The summed E-state index contributed by atoms with van der Waals surface area (Å²) in [5.74, 6) is 0.722. The molecular weight excluding hydrogens is 406 g/mol. The van der Waals surface area contributed by atoms with Gasteiger partial charge in [-0.15, -0.1) is 0 Å². The topological polar surface area (TPSA) is 86.8 Å². The molecule has 0 aliphatic carbocycles. The fourth-order valence-electron chi connectivity index (χ4n) is 5.05. The number of carbonyl (C=O) groups is 2. The first kappa shape index (κ1) is 22.1. The Morgan fingerprint density at radius 3 is 2.69 bits per heavy atom. The number of nitrogens with zero attached hydrogens (tertiary/aromatic N) is 3. The number of urea groups is 1. The van der Waals surface area contributed by atoms with E-state index < -0.39 is 5.41 Å². The number of pyridine rings is 1. The summed E-state index contributed by atoms with van der Waals surface area (Å²) in [5.41, 5.74) is 0.882. The molecule has 0 radical (unpaired) electrons. The van der Waals surface area contributed by atoms with Crippen LogP contribution in [0, 0.1) is 5.41 Å². The number of ether oxygens (including phenoxy) is 1. The Hall–Kier alpha value is -3.13. The summed E-state index contributed by atoms with van der Waals surface area (Å²) in [7, 11) is 1.60. The number of hydrogen-bond donors (Lipinski definition) is 2. The number of amides is 3. The van der Waals surface area contributed by atoms with Crippen molar-refractivity contribution in [2.45, 2.75) is 32.2 Å². The Bertz CT molecular complexity index is 954. The second kappa shape index (κ2) is 9.56. The van der Waals surface area contributed by atoms with E-state index in [-0.39, 0.29) is 18.0 Å². The number of aromatic nitrogens is 1. The van der Waals surface area contributed by atoms with Gasteiger partial charge in [0.05, 0.1) is 24.4 Å². The van der Waals surface area contributed by atoms with Crippen LogP contribution in [0.1, 0.15) is 26.2 Å². The van der Waals surface area contributed by atoms with Crippen molar-refractivity contribution in [2.75, 3.05) is 43.9 Å². The minimum atomic E-state index is -0.517. The lowest BCUT2D eigenvalue weighted by atomic mass is 9.75. The normalized spacial score (nSPS) is 23.2. The molecule has 2 N–H and O–H groups in total. The Labute approximate surface area is 188 Å². The van der Waals surface area contributed by atoms with E-state index in [1.54, 1.807) is 25.6 Å². The maximum atomic E-state index is 13.5. The van der Waals surface area contributed by atoms with Crippen LogP contribution in [0.3, 0.4) is 0 Å². The Kier molecular flexibility index (Phi) is 6.60. The van der Waals surface area contributed by atoms with Crippen molar-refractivity contribution in [3.63, 3.8) is 0 Å². The van der Waals surface area contributed by atoms with E-state index in [0.717, 1.165) is 25.9 Å². The Morgan fingerprint density at radius 2 is 1.94 bits per heavy atom. The summed E-state index contributed by atoms with van der Waals surface area (Å²) < 4.78 is 5.25. The number of anilines is 2. The first-order chi connectivity index (χ1) is 15.6. The van der Waals surface area contributed by atoms with Crippen LogP contribution in [-0.2, 0) is 4.79 Å². The van der Waals surface area contributed by atoms with E-state index >= 15 is 0 Å². The first-order valence-corrected chi connectivity index (χ1v) is 11.2. The molecule has 2 fully saturated rings. The first-order valence-electron chi connectivity index (χ1n) is 11.2. The zero-order chi connectivity index (χ0) is 22.6. The second-order valence-corrected chi connectivity index (χ2v) is 8.43. The predicted molar refractivity (Wildman–Crippen MR) is 124 cm³/mol. The molecule has 8 heteroatoms. The van der Waals surface area contributed by atoms with Crippen molar-refractivity contribution in [3.05, 3.63) is 48.8 Å². The summed E-state index contributed by atoms with van der Waals surface area (Å²) in [6.07, 6.45) is 5.55. The van der Waals surface area contributed by atoms with Crippen molar-refractivity contribution in [1.29, 1.82) is 0 Å². The predicted octanol–water partition coefficient (Wildman–Crippen LogP) is 3.44. The summed E-state index contributed by atoms with van der Waals surface area (Å²) in [5, 5.41) is 6.05. The molecule has 0 spiro atoms. The Balaban J connectivity index is 1.50. The van der Waals surface area contributed by atoms with Gasteiger partial charge in [0.15, 0.2) is 0 Å². The second-order valence-electron chi connectivity index (χ2n) is 8.43. The monoisotopic (exact) mass is 437 g/mol. The van der Waals surface area contributed by atoms with Gasteiger partial charge in [0.25, 0.3) is 0 Å². The molecule has 0 bridgehead atoms. The fraction of sp³-hybridized carbons (Fsp3) is 0.458. The van der Waals surface area contributed by atoms with Gasteiger partial charge in [-0.05, 0) is 56.6 Å². The van der Waals surface area contributed by atoms with E-state index in [4.69, 9.17) is 4.74 Å². The van der Waals surface area contributed by atoms with Crippen LogP contribution in [-0.4, -0.2) is 66.1 Å². The van der Waals surface area contributed by atoms with Crippen molar-refractivity contribution >= 4 is 23.3 Å². The number of methoxy groups -OCH3 is 1. The number of hydrogen-bond acceptors (Lipinski definition) is 5. The van der Waals surface area contributed by atoms with Gasteiger partial charge in [-0.3, -0.25) is 14.7 Å². The largest absolute Gasteiger partial charge is 0.497 e. The van der Waals surface area contributed by atoms with Crippen molar-refractivity contribution in [2.24, 2.45) is 5.41 Å². The van der Waals surface area contributed by atoms with Crippen molar-refractivity contribution in [1.82, 2.24) is 14.8 Å². The number of fused-ring (bicyclic) bond motifs is 1. The van der Waals surface area contributed by atoms with E-state index in [1.807, 2.05) is 35.2 Å². The summed E-state index contributed by atoms with van der Waals surface area (Å²) >= 11 is 0. The number of carbonyl (C=O) groups excluding carboxylic acids is 2. The number of benzene rings is 1. The molecule has 1 aromatic carbocycles. The van der Waals surface area contributed by atoms with Gasteiger partial charge in [0, 0.05) is 37.1 Å². The van der Waals surface area contributed by atoms with Gasteiger partial charge in [0.2, 0.25) is 5.91 Å². The van der Waals surface area contributed by atoms with Crippen molar-refractivity contribution in [3.8, 4) is 5.75 Å². The van der Waals surface area contributed by atoms with E-state index in [0.29, 0.717) is 36.6 Å². The third-order valence-corrected chi connectivity index (χ3v) is 6.81. The SMILES string of the molecule is CCN1CC[C@@]2(C(=O)Nc3cccnc3)CCN(C(=O)Nc3cccc(OC)c3)CC[C@@H]12. The summed E-state index contributed by atoms with van der Waals surface area (Å²) in [4.78, 5) is 34.8. The Morgan fingerprint density at radius 1 is 1.12 bits per heavy atom. The molecule has 4 rings (SSSR count). The average Bonchev–Trinajstić information content (AvgIpc) is 3.06.